The number of rotatable bonds is 3. The van der Waals surface area contributed by atoms with Crippen LogP contribution >= 0.6 is 0 Å². The minimum atomic E-state index is 0.0950. The van der Waals surface area contributed by atoms with E-state index in [2.05, 4.69) is 24.8 Å². The largest absolute Gasteiger partial charge is 0.497 e. The second-order valence-electron chi connectivity index (χ2n) is 5.76. The van der Waals surface area contributed by atoms with Crippen molar-refractivity contribution in [3.8, 4) is 11.5 Å². The van der Waals surface area contributed by atoms with Gasteiger partial charge in [0, 0.05) is 24.2 Å². The van der Waals surface area contributed by atoms with Gasteiger partial charge in [0.2, 0.25) is 0 Å². The lowest BCUT2D eigenvalue weighted by molar-refractivity contribution is 0.328. The number of methoxy groups -OCH3 is 2. The Morgan fingerprint density at radius 1 is 1.26 bits per heavy atom. The van der Waals surface area contributed by atoms with Crippen molar-refractivity contribution in [3.05, 3.63) is 18.2 Å². The van der Waals surface area contributed by atoms with E-state index in [9.17, 15) is 0 Å². The summed E-state index contributed by atoms with van der Waals surface area (Å²) in [6.07, 6.45) is 2.16. The molecule has 1 heterocycles. The molecule has 0 radical (unpaired) electrons. The van der Waals surface area contributed by atoms with Gasteiger partial charge in [-0.05, 0) is 38.8 Å². The number of nitrogens with two attached hydrogens (primary N) is 1. The van der Waals surface area contributed by atoms with Gasteiger partial charge in [-0.15, -0.1) is 0 Å². The van der Waals surface area contributed by atoms with Crippen molar-refractivity contribution in [1.29, 1.82) is 0 Å². The maximum Gasteiger partial charge on any atom is 0.145 e. The van der Waals surface area contributed by atoms with Gasteiger partial charge >= 0.3 is 0 Å². The molecule has 1 atom stereocenters. The van der Waals surface area contributed by atoms with Crippen molar-refractivity contribution in [1.82, 2.24) is 0 Å². The van der Waals surface area contributed by atoms with Crippen molar-refractivity contribution in [2.24, 2.45) is 5.73 Å². The van der Waals surface area contributed by atoms with E-state index in [1.54, 1.807) is 14.2 Å². The summed E-state index contributed by atoms with van der Waals surface area (Å²) in [4.78, 5) is 2.35. The SMILES string of the molecule is COc1ccc(N2CC(N)CCC2(C)C)c(OC)c1. The summed E-state index contributed by atoms with van der Waals surface area (Å²) in [6, 6.07) is 6.16. The fourth-order valence-corrected chi connectivity index (χ4v) is 2.68. The van der Waals surface area contributed by atoms with Gasteiger partial charge in [0.1, 0.15) is 11.5 Å². The van der Waals surface area contributed by atoms with E-state index >= 15 is 0 Å². The second kappa shape index (κ2) is 5.29. The van der Waals surface area contributed by atoms with Gasteiger partial charge in [-0.1, -0.05) is 0 Å². The Balaban J connectivity index is 2.38. The fraction of sp³-hybridized carbons (Fsp3) is 0.600. The smallest absolute Gasteiger partial charge is 0.145 e. The van der Waals surface area contributed by atoms with Gasteiger partial charge < -0.3 is 20.1 Å². The van der Waals surface area contributed by atoms with Crippen molar-refractivity contribution in [2.75, 3.05) is 25.7 Å². The summed E-state index contributed by atoms with van der Waals surface area (Å²) in [5.41, 5.74) is 7.31. The molecule has 1 aromatic carbocycles. The lowest BCUT2D eigenvalue weighted by Crippen LogP contribution is -2.54. The third kappa shape index (κ3) is 2.78. The molecule has 1 fully saturated rings. The fourth-order valence-electron chi connectivity index (χ4n) is 2.68. The first kappa shape index (κ1) is 14.0. The van der Waals surface area contributed by atoms with Crippen LogP contribution in [0.5, 0.6) is 11.5 Å². The molecule has 1 aliphatic rings. The quantitative estimate of drug-likeness (QED) is 0.910. The highest BCUT2D eigenvalue weighted by Gasteiger charge is 2.34. The van der Waals surface area contributed by atoms with Gasteiger partial charge in [0.15, 0.2) is 0 Å². The molecule has 0 spiro atoms. The van der Waals surface area contributed by atoms with Gasteiger partial charge in [0.25, 0.3) is 0 Å². The highest BCUT2D eigenvalue weighted by Crippen LogP contribution is 2.39. The van der Waals surface area contributed by atoms with E-state index in [0.717, 1.165) is 36.6 Å². The molecule has 2 N–H and O–H groups in total. The van der Waals surface area contributed by atoms with Crippen LogP contribution in [0.25, 0.3) is 0 Å². The topological polar surface area (TPSA) is 47.7 Å². The molecule has 19 heavy (non-hydrogen) atoms. The Morgan fingerprint density at radius 2 is 2.00 bits per heavy atom. The highest BCUT2D eigenvalue weighted by atomic mass is 16.5. The Kier molecular flexibility index (Phi) is 3.90. The minimum absolute atomic E-state index is 0.0950. The van der Waals surface area contributed by atoms with Crippen LogP contribution in [-0.2, 0) is 0 Å². The van der Waals surface area contributed by atoms with Crippen LogP contribution in [0.15, 0.2) is 18.2 Å². The predicted octanol–water partition coefficient (Wildman–Crippen LogP) is 2.41. The third-order valence-electron chi connectivity index (χ3n) is 3.95. The molecule has 0 bridgehead atoms. The molecule has 4 nitrogen and oxygen atoms in total. The van der Waals surface area contributed by atoms with Crippen LogP contribution in [0, 0.1) is 0 Å². The van der Waals surface area contributed by atoms with Gasteiger partial charge in [0.05, 0.1) is 19.9 Å². The summed E-state index contributed by atoms with van der Waals surface area (Å²) in [6.45, 7) is 5.36. The first-order valence-corrected chi connectivity index (χ1v) is 6.73. The molecule has 1 aliphatic heterocycles. The number of anilines is 1. The molecule has 1 saturated heterocycles. The van der Waals surface area contributed by atoms with E-state index in [4.69, 9.17) is 15.2 Å². The number of piperidine rings is 1. The minimum Gasteiger partial charge on any atom is -0.497 e. The first-order chi connectivity index (χ1) is 8.97. The van der Waals surface area contributed by atoms with Crippen LogP contribution in [0.3, 0.4) is 0 Å². The Hall–Kier alpha value is -1.42. The Bertz CT molecular complexity index is 446. The first-order valence-electron chi connectivity index (χ1n) is 6.73. The van der Waals surface area contributed by atoms with E-state index in [-0.39, 0.29) is 11.6 Å². The second-order valence-corrected chi connectivity index (χ2v) is 5.76. The number of ether oxygens (including phenoxy) is 2. The van der Waals surface area contributed by atoms with Gasteiger partial charge in [-0.25, -0.2) is 0 Å². The number of benzene rings is 1. The number of hydrogen-bond donors (Lipinski definition) is 1. The highest BCUT2D eigenvalue weighted by molar-refractivity contribution is 5.62. The zero-order valence-corrected chi connectivity index (χ0v) is 12.3. The van der Waals surface area contributed by atoms with E-state index < -0.39 is 0 Å². The maximum absolute atomic E-state index is 6.12. The summed E-state index contributed by atoms with van der Waals surface area (Å²) < 4.78 is 10.8. The molecule has 4 heteroatoms. The summed E-state index contributed by atoms with van der Waals surface area (Å²) in [5.74, 6) is 1.64. The third-order valence-corrected chi connectivity index (χ3v) is 3.95. The molecule has 1 aromatic rings. The molecule has 0 saturated carbocycles. The molecule has 0 aliphatic carbocycles. The zero-order chi connectivity index (χ0) is 14.0. The van der Waals surface area contributed by atoms with Crippen molar-refractivity contribution in [2.45, 2.75) is 38.3 Å². The van der Waals surface area contributed by atoms with Gasteiger partial charge in [-0.2, -0.15) is 0 Å². The van der Waals surface area contributed by atoms with Crippen LogP contribution in [0.1, 0.15) is 26.7 Å². The normalized spacial score (nSPS) is 22.2. The standard InChI is InChI=1S/C15H24N2O2/c1-15(2)8-7-11(16)10-17(15)13-6-5-12(18-3)9-14(13)19-4/h5-6,9,11H,7-8,10,16H2,1-4H3. The number of hydrogen-bond acceptors (Lipinski definition) is 4. The molecule has 0 aromatic heterocycles. The molecule has 2 rings (SSSR count). The van der Waals surface area contributed by atoms with Crippen molar-refractivity contribution < 1.29 is 9.47 Å². The van der Waals surface area contributed by atoms with Crippen LogP contribution in [0.2, 0.25) is 0 Å². The van der Waals surface area contributed by atoms with Crippen LogP contribution in [-0.4, -0.2) is 32.3 Å². The van der Waals surface area contributed by atoms with E-state index in [0.29, 0.717) is 0 Å². The molecular weight excluding hydrogens is 240 g/mol. The maximum atomic E-state index is 6.12. The lowest BCUT2D eigenvalue weighted by Gasteiger charge is -2.46. The summed E-state index contributed by atoms with van der Waals surface area (Å²) in [5, 5.41) is 0. The van der Waals surface area contributed by atoms with E-state index in [1.807, 2.05) is 12.1 Å². The van der Waals surface area contributed by atoms with Crippen LogP contribution < -0.4 is 20.1 Å². The molecule has 0 amide bonds. The average molecular weight is 264 g/mol. The average Bonchev–Trinajstić information content (AvgIpc) is 2.41. The molecule has 106 valence electrons. The predicted molar refractivity (Wildman–Crippen MR) is 78.2 cm³/mol. The van der Waals surface area contributed by atoms with Crippen molar-refractivity contribution >= 4 is 5.69 Å². The lowest BCUT2D eigenvalue weighted by atomic mass is 9.87. The van der Waals surface area contributed by atoms with Crippen molar-refractivity contribution in [3.63, 3.8) is 0 Å². The Morgan fingerprint density at radius 3 is 2.63 bits per heavy atom. The summed E-state index contributed by atoms with van der Waals surface area (Å²) in [7, 11) is 3.35. The number of nitrogens with zero attached hydrogens (tertiary/aromatic N) is 1. The monoisotopic (exact) mass is 264 g/mol. The van der Waals surface area contributed by atoms with Crippen LogP contribution in [0.4, 0.5) is 5.69 Å². The zero-order valence-electron chi connectivity index (χ0n) is 12.3. The summed E-state index contributed by atoms with van der Waals surface area (Å²) >= 11 is 0. The Labute approximate surface area is 115 Å². The molecular formula is C15H24N2O2. The molecule has 1 unspecified atom stereocenters. The van der Waals surface area contributed by atoms with E-state index in [1.165, 1.54) is 0 Å². The van der Waals surface area contributed by atoms with Gasteiger partial charge in [-0.3, -0.25) is 0 Å².